The molecular formula is C13H22O2. The molecule has 0 unspecified atom stereocenters. The summed E-state index contributed by atoms with van der Waals surface area (Å²) in [6.45, 7) is 12.2. The normalized spacial score (nSPS) is 12.8. The summed E-state index contributed by atoms with van der Waals surface area (Å²) >= 11 is 0. The quantitative estimate of drug-likeness (QED) is 0.381. The van der Waals surface area contributed by atoms with Crippen LogP contribution in [-0.2, 0) is 9.47 Å². The molecule has 2 nitrogen and oxygen atoms in total. The van der Waals surface area contributed by atoms with Crippen molar-refractivity contribution in [1.82, 2.24) is 0 Å². The van der Waals surface area contributed by atoms with Crippen molar-refractivity contribution >= 4 is 0 Å². The summed E-state index contributed by atoms with van der Waals surface area (Å²) in [6.07, 6.45) is 3.54. The molecule has 0 aliphatic carbocycles. The van der Waals surface area contributed by atoms with Gasteiger partial charge in [-0.2, -0.15) is 0 Å². The fraction of sp³-hybridized carbons (Fsp3) is 0.692. The minimum Gasteiger partial charge on any atom is -0.353 e. The van der Waals surface area contributed by atoms with Crippen LogP contribution in [0.1, 0.15) is 40.5 Å². The van der Waals surface area contributed by atoms with Crippen LogP contribution in [0.5, 0.6) is 0 Å². The topological polar surface area (TPSA) is 18.5 Å². The van der Waals surface area contributed by atoms with Crippen molar-refractivity contribution in [2.45, 2.75) is 52.4 Å². The molecule has 15 heavy (non-hydrogen) atoms. The maximum Gasteiger partial charge on any atom is 0.156 e. The first kappa shape index (κ1) is 14.2. The minimum absolute atomic E-state index is 0.217. The molecule has 0 fully saturated rings. The van der Waals surface area contributed by atoms with Crippen LogP contribution >= 0.6 is 0 Å². The van der Waals surface area contributed by atoms with Crippen molar-refractivity contribution in [2.24, 2.45) is 0 Å². The lowest BCUT2D eigenvalue weighted by Crippen LogP contribution is -2.29. The van der Waals surface area contributed by atoms with Gasteiger partial charge >= 0.3 is 0 Å². The van der Waals surface area contributed by atoms with Gasteiger partial charge in [0, 0.05) is 6.61 Å². The van der Waals surface area contributed by atoms with Gasteiger partial charge in [-0.05, 0) is 33.3 Å². The van der Waals surface area contributed by atoms with Crippen LogP contribution in [0, 0.1) is 11.8 Å². The first-order chi connectivity index (χ1) is 7.02. The number of rotatable bonds is 6. The maximum atomic E-state index is 5.64. The van der Waals surface area contributed by atoms with Crippen molar-refractivity contribution in [1.29, 1.82) is 0 Å². The van der Waals surface area contributed by atoms with Crippen molar-refractivity contribution in [3.8, 4) is 11.8 Å². The van der Waals surface area contributed by atoms with Crippen LogP contribution in [0.2, 0.25) is 0 Å². The van der Waals surface area contributed by atoms with Gasteiger partial charge in [-0.1, -0.05) is 31.8 Å². The average Bonchev–Trinajstić information content (AvgIpc) is 2.14. The van der Waals surface area contributed by atoms with Crippen LogP contribution in [0.15, 0.2) is 12.7 Å². The summed E-state index contributed by atoms with van der Waals surface area (Å²) in [5.41, 5.74) is -0.486. The molecule has 0 saturated heterocycles. The summed E-state index contributed by atoms with van der Waals surface area (Å²) in [5, 5.41) is 0. The van der Waals surface area contributed by atoms with Gasteiger partial charge in [0.15, 0.2) is 6.29 Å². The van der Waals surface area contributed by atoms with Gasteiger partial charge in [0.1, 0.15) is 5.60 Å². The molecule has 0 N–H and O–H groups in total. The van der Waals surface area contributed by atoms with Crippen LogP contribution < -0.4 is 0 Å². The van der Waals surface area contributed by atoms with Crippen molar-refractivity contribution in [3.05, 3.63) is 12.7 Å². The van der Waals surface area contributed by atoms with Gasteiger partial charge in [-0.3, -0.25) is 0 Å². The van der Waals surface area contributed by atoms with Crippen molar-refractivity contribution < 1.29 is 9.47 Å². The summed E-state index contributed by atoms with van der Waals surface area (Å²) < 4.78 is 11.1. The lowest BCUT2D eigenvalue weighted by molar-refractivity contribution is -0.172. The number of ether oxygens (including phenoxy) is 2. The number of hydrogen-bond donors (Lipinski definition) is 0. The standard InChI is InChI=1S/C13H22O2/c1-6-8-10-13(4,5)15-12(3)14-11-9-7-2/h6,12H,1,7,9,11H2,2-5H3/t12-/m1/s1. The molecule has 0 bridgehead atoms. The van der Waals surface area contributed by atoms with Crippen LogP contribution in [0.3, 0.4) is 0 Å². The molecule has 1 atom stereocenters. The first-order valence-electron chi connectivity index (χ1n) is 5.45. The zero-order valence-electron chi connectivity index (χ0n) is 10.3. The Morgan fingerprint density at radius 2 is 2.13 bits per heavy atom. The van der Waals surface area contributed by atoms with E-state index in [-0.39, 0.29) is 6.29 Å². The lowest BCUT2D eigenvalue weighted by Gasteiger charge is -2.24. The molecule has 2 heteroatoms. The second-order valence-corrected chi connectivity index (χ2v) is 3.89. The number of allylic oxidation sites excluding steroid dienone is 1. The fourth-order valence-corrected chi connectivity index (χ4v) is 1.10. The van der Waals surface area contributed by atoms with E-state index in [1.807, 2.05) is 20.8 Å². The molecule has 0 radical (unpaired) electrons. The SMILES string of the molecule is C=CC#CC(C)(C)O[C@H](C)OCCCC. The minimum atomic E-state index is -0.486. The zero-order valence-corrected chi connectivity index (χ0v) is 10.3. The van der Waals surface area contributed by atoms with Gasteiger partial charge < -0.3 is 9.47 Å². The van der Waals surface area contributed by atoms with Crippen LogP contribution in [-0.4, -0.2) is 18.5 Å². The maximum absolute atomic E-state index is 5.64. The largest absolute Gasteiger partial charge is 0.353 e. The highest BCUT2D eigenvalue weighted by molar-refractivity contribution is 5.19. The molecule has 86 valence electrons. The Morgan fingerprint density at radius 1 is 1.47 bits per heavy atom. The molecule has 0 aromatic rings. The monoisotopic (exact) mass is 210 g/mol. The van der Waals surface area contributed by atoms with E-state index in [4.69, 9.17) is 9.47 Å². The summed E-state index contributed by atoms with van der Waals surface area (Å²) in [5.74, 6) is 5.75. The van der Waals surface area contributed by atoms with E-state index in [0.717, 1.165) is 19.4 Å². The van der Waals surface area contributed by atoms with Crippen LogP contribution in [0.4, 0.5) is 0 Å². The molecule has 0 rings (SSSR count). The lowest BCUT2D eigenvalue weighted by atomic mass is 10.1. The Bertz CT molecular complexity index is 233. The summed E-state index contributed by atoms with van der Waals surface area (Å²) in [7, 11) is 0. The molecule has 0 aromatic carbocycles. The van der Waals surface area contributed by atoms with E-state index in [1.165, 1.54) is 0 Å². The van der Waals surface area contributed by atoms with E-state index >= 15 is 0 Å². The molecule has 0 aliphatic heterocycles. The second-order valence-electron chi connectivity index (χ2n) is 3.89. The summed E-state index contributed by atoms with van der Waals surface area (Å²) in [6, 6.07) is 0. The highest BCUT2D eigenvalue weighted by Crippen LogP contribution is 2.12. The average molecular weight is 210 g/mol. The Kier molecular flexibility index (Phi) is 7.11. The molecule has 0 saturated carbocycles. The molecule has 0 aromatic heterocycles. The number of hydrogen-bond acceptors (Lipinski definition) is 2. The molecule has 0 spiro atoms. The van der Waals surface area contributed by atoms with Gasteiger partial charge in [-0.25, -0.2) is 0 Å². The van der Waals surface area contributed by atoms with E-state index in [1.54, 1.807) is 6.08 Å². The molecule has 0 heterocycles. The Labute approximate surface area is 93.7 Å². The van der Waals surface area contributed by atoms with Gasteiger partial charge in [0.05, 0.1) is 0 Å². The smallest absolute Gasteiger partial charge is 0.156 e. The van der Waals surface area contributed by atoms with Crippen molar-refractivity contribution in [3.63, 3.8) is 0 Å². The highest BCUT2D eigenvalue weighted by Gasteiger charge is 2.18. The summed E-state index contributed by atoms with van der Waals surface area (Å²) in [4.78, 5) is 0. The van der Waals surface area contributed by atoms with Crippen LogP contribution in [0.25, 0.3) is 0 Å². The van der Waals surface area contributed by atoms with E-state index in [0.29, 0.717) is 0 Å². The second kappa shape index (κ2) is 7.50. The third kappa shape index (κ3) is 8.23. The fourth-order valence-electron chi connectivity index (χ4n) is 1.10. The van der Waals surface area contributed by atoms with Gasteiger partial charge in [-0.15, -0.1) is 0 Å². The van der Waals surface area contributed by atoms with Crippen molar-refractivity contribution in [2.75, 3.05) is 6.61 Å². The molecule has 0 aliphatic rings. The number of unbranched alkanes of at least 4 members (excludes halogenated alkanes) is 1. The highest BCUT2D eigenvalue weighted by atomic mass is 16.7. The Morgan fingerprint density at radius 3 is 2.67 bits per heavy atom. The zero-order chi connectivity index (χ0) is 11.7. The molecular weight excluding hydrogens is 188 g/mol. The van der Waals surface area contributed by atoms with Gasteiger partial charge in [0.25, 0.3) is 0 Å². The van der Waals surface area contributed by atoms with E-state index in [2.05, 4.69) is 25.3 Å². The Balaban J connectivity index is 3.92. The predicted molar refractivity (Wildman–Crippen MR) is 63.5 cm³/mol. The first-order valence-corrected chi connectivity index (χ1v) is 5.45. The van der Waals surface area contributed by atoms with E-state index in [9.17, 15) is 0 Å². The molecule has 0 amide bonds. The van der Waals surface area contributed by atoms with E-state index < -0.39 is 5.60 Å². The Hall–Kier alpha value is -0.780. The third-order valence-corrected chi connectivity index (χ3v) is 1.79. The predicted octanol–water partition coefficient (Wildman–Crippen LogP) is 3.13. The third-order valence-electron chi connectivity index (χ3n) is 1.79. The van der Waals surface area contributed by atoms with Gasteiger partial charge in [0.2, 0.25) is 0 Å².